The minimum Gasteiger partial charge on any atom is -0.493 e. The van der Waals surface area contributed by atoms with Gasteiger partial charge < -0.3 is 19.7 Å². The van der Waals surface area contributed by atoms with Crippen LogP contribution in [0.4, 0.5) is 4.79 Å². The number of nitriles is 1. The number of methoxy groups -OCH3 is 2. The van der Waals surface area contributed by atoms with E-state index in [-0.39, 0.29) is 12.1 Å². The van der Waals surface area contributed by atoms with Gasteiger partial charge in [0.15, 0.2) is 11.5 Å². The lowest BCUT2D eigenvalue weighted by atomic mass is 10.1. The summed E-state index contributed by atoms with van der Waals surface area (Å²) >= 11 is 0. The van der Waals surface area contributed by atoms with Gasteiger partial charge in [-0.2, -0.15) is 5.26 Å². The Morgan fingerprint density at radius 1 is 1.15 bits per heavy atom. The highest BCUT2D eigenvalue weighted by Crippen LogP contribution is 2.27. The van der Waals surface area contributed by atoms with Gasteiger partial charge in [0.1, 0.15) is 0 Å². The molecule has 0 saturated heterocycles. The molecule has 0 bridgehead atoms. The number of hydrogen-bond acceptors (Lipinski definition) is 4. The van der Waals surface area contributed by atoms with E-state index in [1.54, 1.807) is 31.3 Å². The Labute approximate surface area is 160 Å². The standard InChI is InChI=1S/C21H25N3O3/c1-5-24(15(2)18-9-6-16(13-22)7-10-18)21(25)23-14-17-8-11-19(26-3)20(12-17)27-4/h6-12,15H,5,14H2,1-4H3,(H,23,25)/t15-/m1/s1. The van der Waals surface area contributed by atoms with Gasteiger partial charge in [-0.25, -0.2) is 4.79 Å². The molecule has 1 atom stereocenters. The highest BCUT2D eigenvalue weighted by atomic mass is 16.5. The topological polar surface area (TPSA) is 74.6 Å². The second-order valence-corrected chi connectivity index (χ2v) is 6.04. The molecule has 2 aromatic rings. The third kappa shape index (κ3) is 4.91. The van der Waals surface area contributed by atoms with Crippen molar-refractivity contribution in [1.29, 1.82) is 5.26 Å². The SMILES string of the molecule is CCN(C(=O)NCc1ccc(OC)c(OC)c1)[C@H](C)c1ccc(C#N)cc1. The maximum atomic E-state index is 12.7. The number of nitrogens with one attached hydrogen (secondary N) is 1. The van der Waals surface area contributed by atoms with Crippen molar-refractivity contribution in [2.75, 3.05) is 20.8 Å². The first-order valence-electron chi connectivity index (χ1n) is 8.79. The highest BCUT2D eigenvalue weighted by molar-refractivity contribution is 5.74. The Bertz CT molecular complexity index is 812. The minimum atomic E-state index is -0.149. The monoisotopic (exact) mass is 367 g/mol. The normalized spacial score (nSPS) is 11.2. The Balaban J connectivity index is 2.05. The molecule has 0 aliphatic heterocycles. The summed E-state index contributed by atoms with van der Waals surface area (Å²) in [4.78, 5) is 14.4. The van der Waals surface area contributed by atoms with Crippen molar-refractivity contribution in [2.24, 2.45) is 0 Å². The van der Waals surface area contributed by atoms with Gasteiger partial charge in [-0.15, -0.1) is 0 Å². The van der Waals surface area contributed by atoms with E-state index in [9.17, 15) is 4.79 Å². The second-order valence-electron chi connectivity index (χ2n) is 6.04. The highest BCUT2D eigenvalue weighted by Gasteiger charge is 2.19. The number of carbonyl (C=O) groups is 1. The third-order valence-electron chi connectivity index (χ3n) is 4.48. The quantitative estimate of drug-likeness (QED) is 0.806. The predicted molar refractivity (Wildman–Crippen MR) is 104 cm³/mol. The third-order valence-corrected chi connectivity index (χ3v) is 4.48. The zero-order valence-electron chi connectivity index (χ0n) is 16.2. The Morgan fingerprint density at radius 2 is 1.81 bits per heavy atom. The number of urea groups is 1. The van der Waals surface area contributed by atoms with E-state index < -0.39 is 0 Å². The van der Waals surface area contributed by atoms with Crippen LogP contribution in [0.2, 0.25) is 0 Å². The average molecular weight is 367 g/mol. The van der Waals surface area contributed by atoms with E-state index in [2.05, 4.69) is 11.4 Å². The fourth-order valence-electron chi connectivity index (χ4n) is 2.88. The molecule has 0 radical (unpaired) electrons. The maximum Gasteiger partial charge on any atom is 0.318 e. The van der Waals surface area contributed by atoms with E-state index in [1.165, 1.54) is 0 Å². The molecule has 2 aromatic carbocycles. The molecule has 0 unspecified atom stereocenters. The van der Waals surface area contributed by atoms with Crippen molar-refractivity contribution in [3.8, 4) is 17.6 Å². The molecule has 0 fully saturated rings. The summed E-state index contributed by atoms with van der Waals surface area (Å²) in [5.74, 6) is 1.28. The average Bonchev–Trinajstić information content (AvgIpc) is 2.72. The van der Waals surface area contributed by atoms with Crippen LogP contribution in [0, 0.1) is 11.3 Å². The smallest absolute Gasteiger partial charge is 0.318 e. The minimum absolute atomic E-state index is 0.104. The van der Waals surface area contributed by atoms with E-state index in [0.29, 0.717) is 30.2 Å². The number of hydrogen-bond donors (Lipinski definition) is 1. The predicted octanol–water partition coefficient (Wildman–Crippen LogP) is 3.87. The fraction of sp³-hybridized carbons (Fsp3) is 0.333. The summed E-state index contributed by atoms with van der Waals surface area (Å²) < 4.78 is 10.5. The van der Waals surface area contributed by atoms with Crippen molar-refractivity contribution in [2.45, 2.75) is 26.4 Å². The van der Waals surface area contributed by atoms with E-state index in [0.717, 1.165) is 11.1 Å². The molecule has 2 rings (SSSR count). The van der Waals surface area contributed by atoms with Crippen LogP contribution < -0.4 is 14.8 Å². The number of benzene rings is 2. The molecule has 0 aromatic heterocycles. The maximum absolute atomic E-state index is 12.7. The summed E-state index contributed by atoms with van der Waals surface area (Å²) in [5, 5.41) is 11.9. The number of rotatable bonds is 7. The van der Waals surface area contributed by atoms with Gasteiger partial charge in [-0.3, -0.25) is 0 Å². The van der Waals surface area contributed by atoms with E-state index in [1.807, 2.05) is 44.2 Å². The molecule has 2 amide bonds. The Morgan fingerprint density at radius 3 is 2.37 bits per heavy atom. The molecule has 0 spiro atoms. The van der Waals surface area contributed by atoms with Crippen molar-refractivity contribution < 1.29 is 14.3 Å². The molecule has 0 heterocycles. The lowest BCUT2D eigenvalue weighted by Gasteiger charge is -2.28. The largest absolute Gasteiger partial charge is 0.493 e. The fourth-order valence-corrected chi connectivity index (χ4v) is 2.88. The first-order valence-corrected chi connectivity index (χ1v) is 8.79. The zero-order valence-corrected chi connectivity index (χ0v) is 16.2. The van der Waals surface area contributed by atoms with Gasteiger partial charge in [-0.1, -0.05) is 18.2 Å². The number of ether oxygens (including phenoxy) is 2. The van der Waals surface area contributed by atoms with Gasteiger partial charge in [0.2, 0.25) is 0 Å². The lowest BCUT2D eigenvalue weighted by molar-refractivity contribution is 0.182. The summed E-state index contributed by atoms with van der Waals surface area (Å²) in [6.07, 6.45) is 0. The van der Waals surface area contributed by atoms with Crippen LogP contribution in [0.15, 0.2) is 42.5 Å². The molecular formula is C21H25N3O3. The van der Waals surface area contributed by atoms with Crippen molar-refractivity contribution in [3.63, 3.8) is 0 Å². The van der Waals surface area contributed by atoms with Crippen LogP contribution in [-0.2, 0) is 6.54 Å². The van der Waals surface area contributed by atoms with Crippen LogP contribution in [0.5, 0.6) is 11.5 Å². The number of nitrogens with zero attached hydrogens (tertiary/aromatic N) is 2. The molecule has 6 heteroatoms. The van der Waals surface area contributed by atoms with Gasteiger partial charge >= 0.3 is 6.03 Å². The van der Waals surface area contributed by atoms with Crippen molar-refractivity contribution in [3.05, 3.63) is 59.2 Å². The van der Waals surface area contributed by atoms with Crippen LogP contribution >= 0.6 is 0 Å². The lowest BCUT2D eigenvalue weighted by Crippen LogP contribution is -2.41. The Kier molecular flexibility index (Phi) is 7.07. The molecule has 27 heavy (non-hydrogen) atoms. The first-order chi connectivity index (χ1) is 13.0. The van der Waals surface area contributed by atoms with Crippen molar-refractivity contribution in [1.82, 2.24) is 10.2 Å². The summed E-state index contributed by atoms with van der Waals surface area (Å²) in [6, 6.07) is 14.7. The molecule has 6 nitrogen and oxygen atoms in total. The van der Waals surface area contributed by atoms with Crippen LogP contribution in [-0.4, -0.2) is 31.7 Å². The molecule has 1 N–H and O–H groups in total. The summed E-state index contributed by atoms with van der Waals surface area (Å²) in [6.45, 7) is 4.87. The van der Waals surface area contributed by atoms with E-state index in [4.69, 9.17) is 14.7 Å². The van der Waals surface area contributed by atoms with Gasteiger partial charge in [0, 0.05) is 13.1 Å². The molecule has 0 saturated carbocycles. The van der Waals surface area contributed by atoms with Crippen LogP contribution in [0.1, 0.15) is 36.6 Å². The summed E-state index contributed by atoms with van der Waals surface area (Å²) in [7, 11) is 3.17. The van der Waals surface area contributed by atoms with Crippen LogP contribution in [0.3, 0.4) is 0 Å². The van der Waals surface area contributed by atoms with Crippen LogP contribution in [0.25, 0.3) is 0 Å². The molecular weight excluding hydrogens is 342 g/mol. The zero-order chi connectivity index (χ0) is 19.8. The molecule has 0 aliphatic rings. The summed E-state index contributed by atoms with van der Waals surface area (Å²) in [5.41, 5.74) is 2.51. The van der Waals surface area contributed by atoms with E-state index >= 15 is 0 Å². The van der Waals surface area contributed by atoms with Crippen molar-refractivity contribution >= 4 is 6.03 Å². The first kappa shape index (κ1) is 20.1. The van der Waals surface area contributed by atoms with Gasteiger partial charge in [0.25, 0.3) is 0 Å². The Hall–Kier alpha value is -3.20. The van der Waals surface area contributed by atoms with Gasteiger partial charge in [0.05, 0.1) is 31.9 Å². The molecule has 0 aliphatic carbocycles. The number of amides is 2. The molecule has 142 valence electrons. The second kappa shape index (κ2) is 9.48. The van der Waals surface area contributed by atoms with Gasteiger partial charge in [-0.05, 0) is 49.2 Å². The number of carbonyl (C=O) groups excluding carboxylic acids is 1.